The predicted molar refractivity (Wildman–Crippen MR) is 73.6 cm³/mol. The minimum atomic E-state index is -0.117. The van der Waals surface area contributed by atoms with Crippen LogP contribution in [-0.2, 0) is 9.53 Å². The van der Waals surface area contributed by atoms with E-state index in [1.54, 1.807) is 0 Å². The van der Waals surface area contributed by atoms with Crippen molar-refractivity contribution in [1.29, 1.82) is 0 Å². The average molecular weight is 313 g/mol. The van der Waals surface area contributed by atoms with Crippen LogP contribution in [0.4, 0.5) is 5.82 Å². The van der Waals surface area contributed by atoms with Gasteiger partial charge in [0.1, 0.15) is 5.82 Å². The summed E-state index contributed by atoms with van der Waals surface area (Å²) in [4.78, 5) is 18.2. The number of ether oxygens (including phenoxy) is 1. The minimum absolute atomic E-state index is 0.0329. The van der Waals surface area contributed by atoms with E-state index in [0.717, 1.165) is 35.2 Å². The number of carbonyl (C=O) groups is 1. The number of aryl methyl sites for hydroxylation is 1. The first kappa shape index (κ1) is 13.3. The van der Waals surface area contributed by atoms with Gasteiger partial charge in [-0.15, -0.1) is 0 Å². The third-order valence-electron chi connectivity index (χ3n) is 3.31. The lowest BCUT2D eigenvalue weighted by atomic mass is 9.98. The Morgan fingerprint density at radius 3 is 3.06 bits per heavy atom. The van der Waals surface area contributed by atoms with Gasteiger partial charge in [0, 0.05) is 23.8 Å². The molecule has 1 aliphatic heterocycles. The molecule has 1 aliphatic rings. The molecule has 1 atom stereocenters. The molecule has 0 radical (unpaired) electrons. The van der Waals surface area contributed by atoms with Crippen LogP contribution in [-0.4, -0.2) is 31.2 Å². The van der Waals surface area contributed by atoms with Crippen molar-refractivity contribution in [3.63, 3.8) is 0 Å². The highest BCUT2D eigenvalue weighted by molar-refractivity contribution is 9.10. The molecule has 0 N–H and O–H groups in total. The zero-order chi connectivity index (χ0) is 13.1. The van der Waals surface area contributed by atoms with Crippen LogP contribution in [0.2, 0.25) is 0 Å². The average Bonchev–Trinajstić information content (AvgIpc) is 2.41. The minimum Gasteiger partial charge on any atom is -0.469 e. The van der Waals surface area contributed by atoms with Crippen molar-refractivity contribution in [3.05, 3.63) is 22.3 Å². The number of esters is 1. The summed E-state index contributed by atoms with van der Waals surface area (Å²) in [5, 5.41) is 0. The normalized spacial score (nSPS) is 19.7. The summed E-state index contributed by atoms with van der Waals surface area (Å²) in [5.74, 6) is 0.785. The summed E-state index contributed by atoms with van der Waals surface area (Å²) >= 11 is 3.44. The van der Waals surface area contributed by atoms with E-state index in [0.29, 0.717) is 6.54 Å². The van der Waals surface area contributed by atoms with E-state index >= 15 is 0 Å². The molecule has 2 heterocycles. The number of hydrogen-bond acceptors (Lipinski definition) is 4. The summed E-state index contributed by atoms with van der Waals surface area (Å²) in [6.45, 7) is 3.68. The molecule has 2 rings (SSSR count). The highest BCUT2D eigenvalue weighted by Crippen LogP contribution is 2.25. The summed E-state index contributed by atoms with van der Waals surface area (Å²) in [5.41, 5.74) is 1.15. The molecule has 0 spiro atoms. The molecule has 18 heavy (non-hydrogen) atoms. The topological polar surface area (TPSA) is 42.4 Å². The lowest BCUT2D eigenvalue weighted by molar-refractivity contribution is -0.145. The van der Waals surface area contributed by atoms with Gasteiger partial charge < -0.3 is 9.64 Å². The maximum atomic E-state index is 11.6. The van der Waals surface area contributed by atoms with Gasteiger partial charge in [-0.05, 0) is 47.3 Å². The van der Waals surface area contributed by atoms with Crippen molar-refractivity contribution in [1.82, 2.24) is 4.98 Å². The Hall–Kier alpha value is -1.10. The Balaban J connectivity index is 2.13. The Labute approximate surface area is 115 Å². The number of halogens is 1. The smallest absolute Gasteiger partial charge is 0.310 e. The van der Waals surface area contributed by atoms with E-state index in [-0.39, 0.29) is 11.9 Å². The van der Waals surface area contributed by atoms with Crippen LogP contribution in [0, 0.1) is 12.8 Å². The van der Waals surface area contributed by atoms with Crippen LogP contribution in [0.25, 0.3) is 0 Å². The fraction of sp³-hybridized carbons (Fsp3) is 0.538. The molecule has 4 nitrogen and oxygen atoms in total. The van der Waals surface area contributed by atoms with Gasteiger partial charge >= 0.3 is 5.97 Å². The van der Waals surface area contributed by atoms with Crippen LogP contribution < -0.4 is 4.90 Å². The molecule has 0 saturated carbocycles. The van der Waals surface area contributed by atoms with E-state index < -0.39 is 0 Å². The summed E-state index contributed by atoms with van der Waals surface area (Å²) in [7, 11) is 1.45. The van der Waals surface area contributed by atoms with Crippen LogP contribution in [0.3, 0.4) is 0 Å². The van der Waals surface area contributed by atoms with E-state index in [1.807, 2.05) is 19.2 Å². The lowest BCUT2D eigenvalue weighted by Crippen LogP contribution is -2.39. The van der Waals surface area contributed by atoms with Crippen molar-refractivity contribution in [2.45, 2.75) is 19.8 Å². The molecular formula is C13H17BrN2O2. The Bertz CT molecular complexity index is 451. The van der Waals surface area contributed by atoms with Gasteiger partial charge in [-0.3, -0.25) is 4.79 Å². The number of piperidine rings is 1. The molecule has 1 aromatic heterocycles. The number of carbonyl (C=O) groups excluding carboxylic acids is 1. The summed E-state index contributed by atoms with van der Waals surface area (Å²) < 4.78 is 5.83. The van der Waals surface area contributed by atoms with Crippen LogP contribution in [0.15, 0.2) is 16.7 Å². The number of methoxy groups -OCH3 is 1. The first-order valence-electron chi connectivity index (χ1n) is 6.06. The van der Waals surface area contributed by atoms with Gasteiger partial charge in [0.15, 0.2) is 0 Å². The quantitative estimate of drug-likeness (QED) is 0.787. The third kappa shape index (κ3) is 2.83. The largest absolute Gasteiger partial charge is 0.469 e. The molecule has 1 unspecified atom stereocenters. The number of rotatable bonds is 2. The first-order chi connectivity index (χ1) is 8.61. The van der Waals surface area contributed by atoms with E-state index in [2.05, 4.69) is 25.8 Å². The molecule has 0 amide bonds. The molecule has 1 fully saturated rings. The Morgan fingerprint density at radius 1 is 1.61 bits per heavy atom. The standard InChI is InChI=1S/C13H17BrN2O2/c1-9-6-12(15-7-11(9)14)16-5-3-4-10(8-16)13(17)18-2/h6-7,10H,3-5,8H2,1-2H3. The highest BCUT2D eigenvalue weighted by Gasteiger charge is 2.27. The number of anilines is 1. The second-order valence-electron chi connectivity index (χ2n) is 4.60. The van der Waals surface area contributed by atoms with Gasteiger partial charge in [0.05, 0.1) is 13.0 Å². The predicted octanol–water partition coefficient (Wildman–Crippen LogP) is 2.54. The van der Waals surface area contributed by atoms with Crippen molar-refractivity contribution in [2.75, 3.05) is 25.1 Å². The first-order valence-corrected chi connectivity index (χ1v) is 6.86. The second-order valence-corrected chi connectivity index (χ2v) is 5.45. The fourth-order valence-corrected chi connectivity index (χ4v) is 2.46. The van der Waals surface area contributed by atoms with Crippen molar-refractivity contribution >= 4 is 27.7 Å². The maximum absolute atomic E-state index is 11.6. The lowest BCUT2D eigenvalue weighted by Gasteiger charge is -2.32. The van der Waals surface area contributed by atoms with Crippen LogP contribution >= 0.6 is 15.9 Å². The van der Waals surface area contributed by atoms with Gasteiger partial charge in [-0.25, -0.2) is 4.98 Å². The Morgan fingerprint density at radius 2 is 2.39 bits per heavy atom. The fourth-order valence-electron chi connectivity index (χ4n) is 2.24. The van der Waals surface area contributed by atoms with E-state index in [9.17, 15) is 4.79 Å². The molecular weight excluding hydrogens is 296 g/mol. The molecule has 98 valence electrons. The van der Waals surface area contributed by atoms with Crippen LogP contribution in [0.1, 0.15) is 18.4 Å². The number of aromatic nitrogens is 1. The van der Waals surface area contributed by atoms with E-state index in [4.69, 9.17) is 4.74 Å². The third-order valence-corrected chi connectivity index (χ3v) is 4.14. The monoisotopic (exact) mass is 312 g/mol. The number of pyridine rings is 1. The highest BCUT2D eigenvalue weighted by atomic mass is 79.9. The zero-order valence-electron chi connectivity index (χ0n) is 10.6. The summed E-state index contributed by atoms with van der Waals surface area (Å²) in [6.07, 6.45) is 3.71. The molecule has 1 aromatic rings. The molecule has 0 aromatic carbocycles. The van der Waals surface area contributed by atoms with Gasteiger partial charge in [-0.1, -0.05) is 0 Å². The van der Waals surface area contributed by atoms with E-state index in [1.165, 1.54) is 7.11 Å². The van der Waals surface area contributed by atoms with Crippen molar-refractivity contribution in [3.8, 4) is 0 Å². The molecule has 0 bridgehead atoms. The molecule has 0 aliphatic carbocycles. The Kier molecular flexibility index (Phi) is 4.22. The van der Waals surface area contributed by atoms with Gasteiger partial charge in [0.25, 0.3) is 0 Å². The molecule has 1 saturated heterocycles. The second kappa shape index (κ2) is 5.69. The van der Waals surface area contributed by atoms with Gasteiger partial charge in [0.2, 0.25) is 0 Å². The number of nitrogens with zero attached hydrogens (tertiary/aromatic N) is 2. The van der Waals surface area contributed by atoms with Crippen LogP contribution in [0.5, 0.6) is 0 Å². The summed E-state index contributed by atoms with van der Waals surface area (Å²) in [6, 6.07) is 2.05. The maximum Gasteiger partial charge on any atom is 0.310 e. The zero-order valence-corrected chi connectivity index (χ0v) is 12.2. The SMILES string of the molecule is COC(=O)C1CCCN(c2cc(C)c(Br)cn2)C1. The van der Waals surface area contributed by atoms with Crippen molar-refractivity contribution in [2.24, 2.45) is 5.92 Å². The molecule has 5 heteroatoms. The number of hydrogen-bond donors (Lipinski definition) is 0. The van der Waals surface area contributed by atoms with Crippen molar-refractivity contribution < 1.29 is 9.53 Å². The van der Waals surface area contributed by atoms with Gasteiger partial charge in [-0.2, -0.15) is 0 Å².